The molecular weight excluding hydrogens is 363 g/mol. The van der Waals surface area contributed by atoms with Gasteiger partial charge in [-0.3, -0.25) is 0 Å². The number of nitrogens with zero attached hydrogens (tertiary/aromatic N) is 2. The Kier molecular flexibility index (Phi) is 6.27. The van der Waals surface area contributed by atoms with Crippen molar-refractivity contribution in [1.29, 1.82) is 0 Å². The van der Waals surface area contributed by atoms with Crippen LogP contribution in [-0.2, 0) is 16.8 Å². The van der Waals surface area contributed by atoms with E-state index < -0.39 is 5.60 Å². The van der Waals surface area contributed by atoms with Gasteiger partial charge in [-0.25, -0.2) is 9.97 Å². The van der Waals surface area contributed by atoms with Gasteiger partial charge in [0.1, 0.15) is 10.8 Å². The van der Waals surface area contributed by atoms with E-state index in [1.807, 2.05) is 6.92 Å². The molecule has 1 aromatic rings. The largest absolute Gasteiger partial charge is 0.367 e. The van der Waals surface area contributed by atoms with Gasteiger partial charge < -0.3 is 4.74 Å². The standard InChI is InChI=1S/C13H20ClIN2O/c1-5-9-10(15)11(14)17-12(16-9)13(6-2,7-3)18-8-4/h5-8H2,1-4H3. The van der Waals surface area contributed by atoms with Gasteiger partial charge in [-0.15, -0.1) is 0 Å². The molecule has 1 heterocycles. The van der Waals surface area contributed by atoms with Crippen LogP contribution in [0.25, 0.3) is 0 Å². The second-order valence-electron chi connectivity index (χ2n) is 4.09. The third-order valence-electron chi connectivity index (χ3n) is 3.18. The topological polar surface area (TPSA) is 35.0 Å². The molecule has 0 fully saturated rings. The van der Waals surface area contributed by atoms with Crippen molar-refractivity contribution in [2.45, 2.75) is 52.6 Å². The third kappa shape index (κ3) is 3.14. The molecule has 1 rings (SSSR count). The minimum atomic E-state index is -0.410. The minimum Gasteiger partial charge on any atom is -0.367 e. The predicted octanol–water partition coefficient (Wildman–Crippen LogP) is 4.35. The maximum Gasteiger partial charge on any atom is 0.162 e. The zero-order valence-electron chi connectivity index (χ0n) is 11.4. The molecule has 1 aromatic heterocycles. The highest BCUT2D eigenvalue weighted by Crippen LogP contribution is 2.32. The summed E-state index contributed by atoms with van der Waals surface area (Å²) in [5, 5.41) is 0.531. The lowest BCUT2D eigenvalue weighted by Crippen LogP contribution is -2.31. The van der Waals surface area contributed by atoms with Gasteiger partial charge in [-0.1, -0.05) is 32.4 Å². The fraction of sp³-hybridized carbons (Fsp3) is 0.692. The molecule has 0 amide bonds. The van der Waals surface area contributed by atoms with Crippen LogP contribution in [0.15, 0.2) is 0 Å². The molecule has 0 radical (unpaired) electrons. The maximum atomic E-state index is 6.20. The lowest BCUT2D eigenvalue weighted by molar-refractivity contribution is -0.0573. The van der Waals surface area contributed by atoms with Gasteiger partial charge in [-0.2, -0.15) is 0 Å². The summed E-state index contributed by atoms with van der Waals surface area (Å²) >= 11 is 8.40. The average molecular weight is 383 g/mol. The van der Waals surface area contributed by atoms with Crippen molar-refractivity contribution < 1.29 is 4.74 Å². The second kappa shape index (κ2) is 7.01. The number of hydrogen-bond acceptors (Lipinski definition) is 3. The van der Waals surface area contributed by atoms with E-state index in [0.717, 1.165) is 34.4 Å². The highest BCUT2D eigenvalue weighted by atomic mass is 127. The summed E-state index contributed by atoms with van der Waals surface area (Å²) < 4.78 is 6.86. The second-order valence-corrected chi connectivity index (χ2v) is 5.52. The molecule has 0 aliphatic heterocycles. The third-order valence-corrected chi connectivity index (χ3v) is 4.91. The normalized spacial score (nSPS) is 11.9. The summed E-state index contributed by atoms with van der Waals surface area (Å²) in [5.74, 6) is 0.719. The molecule has 5 heteroatoms. The van der Waals surface area contributed by atoms with E-state index in [1.165, 1.54) is 0 Å². The Hall–Kier alpha value is 0.0600. The molecule has 0 saturated heterocycles. The number of halogens is 2. The van der Waals surface area contributed by atoms with Crippen molar-refractivity contribution >= 4 is 34.2 Å². The molecule has 102 valence electrons. The van der Waals surface area contributed by atoms with Crippen LogP contribution < -0.4 is 0 Å². The van der Waals surface area contributed by atoms with Crippen molar-refractivity contribution in [3.05, 3.63) is 20.2 Å². The van der Waals surface area contributed by atoms with E-state index in [2.05, 4.69) is 53.3 Å². The molecule has 0 saturated carbocycles. The van der Waals surface area contributed by atoms with Crippen LogP contribution >= 0.6 is 34.2 Å². The highest BCUT2D eigenvalue weighted by molar-refractivity contribution is 14.1. The molecule has 0 aliphatic rings. The zero-order chi connectivity index (χ0) is 13.8. The molecule has 0 aromatic carbocycles. The van der Waals surface area contributed by atoms with Crippen LogP contribution in [0.2, 0.25) is 5.15 Å². The summed E-state index contributed by atoms with van der Waals surface area (Å²) in [5.41, 5.74) is 0.587. The summed E-state index contributed by atoms with van der Waals surface area (Å²) in [6.45, 7) is 8.91. The smallest absolute Gasteiger partial charge is 0.162 e. The van der Waals surface area contributed by atoms with Crippen LogP contribution in [0.3, 0.4) is 0 Å². The Labute approximate surface area is 128 Å². The van der Waals surface area contributed by atoms with Crippen LogP contribution in [-0.4, -0.2) is 16.6 Å². The van der Waals surface area contributed by atoms with E-state index in [9.17, 15) is 0 Å². The molecule has 0 bridgehead atoms. The Morgan fingerprint density at radius 1 is 1.17 bits per heavy atom. The van der Waals surface area contributed by atoms with Crippen molar-refractivity contribution in [2.75, 3.05) is 6.61 Å². The lowest BCUT2D eigenvalue weighted by Gasteiger charge is -2.30. The van der Waals surface area contributed by atoms with Crippen molar-refractivity contribution in [1.82, 2.24) is 9.97 Å². The summed E-state index contributed by atoms with van der Waals surface area (Å²) in [6.07, 6.45) is 2.54. The lowest BCUT2D eigenvalue weighted by atomic mass is 9.95. The van der Waals surface area contributed by atoms with E-state index in [-0.39, 0.29) is 0 Å². The van der Waals surface area contributed by atoms with E-state index in [1.54, 1.807) is 0 Å². The zero-order valence-corrected chi connectivity index (χ0v) is 14.3. The summed E-state index contributed by atoms with van der Waals surface area (Å²) in [4.78, 5) is 9.09. The number of aromatic nitrogens is 2. The number of aryl methyl sites for hydroxylation is 1. The summed E-state index contributed by atoms with van der Waals surface area (Å²) in [6, 6.07) is 0. The van der Waals surface area contributed by atoms with E-state index in [0.29, 0.717) is 11.8 Å². The first kappa shape index (κ1) is 16.1. The Morgan fingerprint density at radius 3 is 2.22 bits per heavy atom. The van der Waals surface area contributed by atoms with Crippen LogP contribution in [0.1, 0.15) is 52.1 Å². The van der Waals surface area contributed by atoms with Crippen LogP contribution in [0.4, 0.5) is 0 Å². The van der Waals surface area contributed by atoms with Gasteiger partial charge >= 0.3 is 0 Å². The SMILES string of the molecule is CCOC(CC)(CC)c1nc(Cl)c(I)c(CC)n1. The number of ether oxygens (including phenoxy) is 1. The van der Waals surface area contributed by atoms with Crippen molar-refractivity contribution in [3.8, 4) is 0 Å². The first-order valence-electron chi connectivity index (χ1n) is 6.40. The van der Waals surface area contributed by atoms with Crippen LogP contribution in [0.5, 0.6) is 0 Å². The summed E-state index contributed by atoms with van der Waals surface area (Å²) in [7, 11) is 0. The van der Waals surface area contributed by atoms with Gasteiger partial charge in [0.25, 0.3) is 0 Å². The van der Waals surface area contributed by atoms with Crippen LogP contribution in [0, 0.1) is 3.57 Å². The van der Waals surface area contributed by atoms with Gasteiger partial charge in [0.05, 0.1) is 9.26 Å². The molecule has 0 spiro atoms. The van der Waals surface area contributed by atoms with Gasteiger partial charge in [0.2, 0.25) is 0 Å². The number of rotatable bonds is 6. The molecule has 0 atom stereocenters. The monoisotopic (exact) mass is 382 g/mol. The van der Waals surface area contributed by atoms with E-state index in [4.69, 9.17) is 16.3 Å². The number of hydrogen-bond donors (Lipinski definition) is 0. The van der Waals surface area contributed by atoms with Gasteiger partial charge in [-0.05, 0) is 48.8 Å². The molecule has 18 heavy (non-hydrogen) atoms. The fourth-order valence-electron chi connectivity index (χ4n) is 2.01. The van der Waals surface area contributed by atoms with Crippen molar-refractivity contribution in [3.63, 3.8) is 0 Å². The molecule has 0 unspecified atom stereocenters. The quantitative estimate of drug-likeness (QED) is 0.542. The van der Waals surface area contributed by atoms with Gasteiger partial charge in [0, 0.05) is 6.61 Å². The van der Waals surface area contributed by atoms with Gasteiger partial charge in [0.15, 0.2) is 5.82 Å². The molecule has 3 nitrogen and oxygen atoms in total. The highest BCUT2D eigenvalue weighted by Gasteiger charge is 2.33. The first-order chi connectivity index (χ1) is 8.54. The molecular formula is C13H20ClIN2O. The Bertz CT molecular complexity index is 408. The predicted molar refractivity (Wildman–Crippen MR) is 83.0 cm³/mol. The fourth-order valence-corrected chi connectivity index (χ4v) is 2.82. The minimum absolute atomic E-state index is 0.410. The molecule has 0 N–H and O–H groups in total. The average Bonchev–Trinajstić information content (AvgIpc) is 2.39. The Morgan fingerprint density at radius 2 is 1.78 bits per heavy atom. The maximum absolute atomic E-state index is 6.20. The van der Waals surface area contributed by atoms with Crippen molar-refractivity contribution in [2.24, 2.45) is 0 Å². The first-order valence-corrected chi connectivity index (χ1v) is 7.86. The molecule has 0 aliphatic carbocycles. The Balaban J connectivity index is 3.32. The van der Waals surface area contributed by atoms with E-state index >= 15 is 0 Å².